The first-order chi connectivity index (χ1) is 6.83. The molecule has 0 radical (unpaired) electrons. The first-order valence-electron chi connectivity index (χ1n) is 5.07. The van der Waals surface area contributed by atoms with Crippen molar-refractivity contribution < 1.29 is 9.84 Å². The number of ether oxygens (including phenoxy) is 1. The third-order valence-corrected chi connectivity index (χ3v) is 2.74. The smallest absolute Gasteiger partial charge is 0.0821 e. The van der Waals surface area contributed by atoms with Crippen molar-refractivity contribution in [2.75, 3.05) is 7.11 Å². The number of aliphatic hydroxyl groups excluding tert-OH is 1. The molecular formula is C12H16O2. The summed E-state index contributed by atoms with van der Waals surface area (Å²) in [6.07, 6.45) is 2.02. The first kappa shape index (κ1) is 9.69. The van der Waals surface area contributed by atoms with Crippen molar-refractivity contribution in [3.63, 3.8) is 0 Å². The van der Waals surface area contributed by atoms with E-state index in [4.69, 9.17) is 4.74 Å². The third-order valence-electron chi connectivity index (χ3n) is 2.74. The van der Waals surface area contributed by atoms with Crippen molar-refractivity contribution in [1.29, 1.82) is 0 Å². The zero-order valence-electron chi connectivity index (χ0n) is 8.44. The van der Waals surface area contributed by atoms with Crippen molar-refractivity contribution in [3.05, 3.63) is 35.4 Å². The highest BCUT2D eigenvalue weighted by molar-refractivity contribution is 5.29. The van der Waals surface area contributed by atoms with Crippen LogP contribution in [-0.4, -0.2) is 12.2 Å². The Morgan fingerprint density at radius 3 is 2.79 bits per heavy atom. The lowest BCUT2D eigenvalue weighted by atomic mass is 10.00. The van der Waals surface area contributed by atoms with E-state index in [2.05, 4.69) is 0 Å². The highest BCUT2D eigenvalue weighted by atomic mass is 16.5. The lowest BCUT2D eigenvalue weighted by Crippen LogP contribution is -2.04. The second kappa shape index (κ2) is 4.11. The maximum Gasteiger partial charge on any atom is 0.0821 e. The summed E-state index contributed by atoms with van der Waals surface area (Å²) in [5, 5.41) is 10.0. The zero-order valence-corrected chi connectivity index (χ0v) is 8.44. The molecule has 1 unspecified atom stereocenters. The molecule has 0 bridgehead atoms. The number of methoxy groups -OCH3 is 1. The lowest BCUT2D eigenvalue weighted by molar-refractivity contribution is 0.144. The Labute approximate surface area is 84.5 Å². The van der Waals surface area contributed by atoms with Crippen LogP contribution in [0.4, 0.5) is 0 Å². The minimum absolute atomic E-state index is 0.290. The summed E-state index contributed by atoms with van der Waals surface area (Å²) in [6.45, 7) is 0.583. The predicted molar refractivity (Wildman–Crippen MR) is 54.8 cm³/mol. The molecule has 14 heavy (non-hydrogen) atoms. The molecule has 1 fully saturated rings. The number of hydrogen-bond donors (Lipinski definition) is 1. The molecule has 2 heteroatoms. The van der Waals surface area contributed by atoms with E-state index in [0.717, 1.165) is 24.0 Å². The molecule has 2 nitrogen and oxygen atoms in total. The summed E-state index contributed by atoms with van der Waals surface area (Å²) in [6, 6.07) is 7.97. The molecule has 1 atom stereocenters. The highest BCUT2D eigenvalue weighted by Crippen LogP contribution is 2.41. The number of hydrogen-bond acceptors (Lipinski definition) is 2. The Balaban J connectivity index is 2.20. The van der Waals surface area contributed by atoms with Crippen molar-refractivity contribution >= 4 is 0 Å². The average Bonchev–Trinajstić information content (AvgIpc) is 3.01. The van der Waals surface area contributed by atoms with Gasteiger partial charge in [0.25, 0.3) is 0 Å². The van der Waals surface area contributed by atoms with Gasteiger partial charge in [-0.15, -0.1) is 0 Å². The summed E-state index contributed by atoms with van der Waals surface area (Å²) in [5.41, 5.74) is 2.14. The van der Waals surface area contributed by atoms with Gasteiger partial charge in [-0.25, -0.2) is 0 Å². The van der Waals surface area contributed by atoms with Crippen molar-refractivity contribution in [3.8, 4) is 0 Å². The van der Waals surface area contributed by atoms with Gasteiger partial charge in [0.05, 0.1) is 12.7 Å². The van der Waals surface area contributed by atoms with Crippen molar-refractivity contribution in [2.24, 2.45) is 5.92 Å². The summed E-state index contributed by atoms with van der Waals surface area (Å²) in [5.74, 6) is 0.480. The van der Waals surface area contributed by atoms with Crippen LogP contribution in [0.3, 0.4) is 0 Å². The Hall–Kier alpha value is -0.860. The molecule has 1 saturated carbocycles. The van der Waals surface area contributed by atoms with Crippen LogP contribution in [0.1, 0.15) is 30.1 Å². The maximum absolute atomic E-state index is 10.0. The van der Waals surface area contributed by atoms with Crippen molar-refractivity contribution in [2.45, 2.75) is 25.6 Å². The van der Waals surface area contributed by atoms with E-state index >= 15 is 0 Å². The van der Waals surface area contributed by atoms with Gasteiger partial charge in [-0.1, -0.05) is 24.3 Å². The van der Waals surface area contributed by atoms with Crippen LogP contribution in [0.2, 0.25) is 0 Å². The Morgan fingerprint density at radius 1 is 1.43 bits per heavy atom. The second-order valence-corrected chi connectivity index (χ2v) is 3.91. The maximum atomic E-state index is 10.0. The zero-order chi connectivity index (χ0) is 9.97. The van der Waals surface area contributed by atoms with Gasteiger partial charge in [-0.2, -0.15) is 0 Å². The van der Waals surface area contributed by atoms with E-state index in [1.165, 1.54) is 0 Å². The monoisotopic (exact) mass is 192 g/mol. The molecule has 2 rings (SSSR count). The molecule has 1 N–H and O–H groups in total. The van der Waals surface area contributed by atoms with Crippen molar-refractivity contribution in [1.82, 2.24) is 0 Å². The molecule has 0 spiro atoms. The topological polar surface area (TPSA) is 29.5 Å². The van der Waals surface area contributed by atoms with E-state index in [-0.39, 0.29) is 6.10 Å². The standard InChI is InChI=1S/C12H16O2/c1-14-8-10-4-2-3-5-11(10)12(13)9-6-7-9/h2-5,9,12-13H,6-8H2,1H3. The molecule has 0 heterocycles. The van der Waals surface area contributed by atoms with Gasteiger partial charge < -0.3 is 9.84 Å². The quantitative estimate of drug-likeness (QED) is 0.793. The van der Waals surface area contributed by atoms with Crippen LogP contribution in [0.5, 0.6) is 0 Å². The second-order valence-electron chi connectivity index (χ2n) is 3.91. The largest absolute Gasteiger partial charge is 0.388 e. The fraction of sp³-hybridized carbons (Fsp3) is 0.500. The molecule has 76 valence electrons. The van der Waals surface area contributed by atoms with E-state index in [1.807, 2.05) is 24.3 Å². The number of benzene rings is 1. The molecule has 1 aliphatic rings. The van der Waals surface area contributed by atoms with Gasteiger partial charge in [0, 0.05) is 7.11 Å². The van der Waals surface area contributed by atoms with Crippen LogP contribution in [-0.2, 0) is 11.3 Å². The Morgan fingerprint density at radius 2 is 2.14 bits per heavy atom. The molecule has 1 aliphatic carbocycles. The van der Waals surface area contributed by atoms with Gasteiger partial charge in [-0.3, -0.25) is 0 Å². The van der Waals surface area contributed by atoms with Gasteiger partial charge in [0.1, 0.15) is 0 Å². The normalized spacial score (nSPS) is 18.1. The van der Waals surface area contributed by atoms with Crippen LogP contribution >= 0.6 is 0 Å². The lowest BCUT2D eigenvalue weighted by Gasteiger charge is -2.14. The summed E-state index contributed by atoms with van der Waals surface area (Å²) < 4.78 is 5.11. The first-order valence-corrected chi connectivity index (χ1v) is 5.07. The minimum atomic E-state index is -0.290. The molecular weight excluding hydrogens is 176 g/mol. The highest BCUT2D eigenvalue weighted by Gasteiger charge is 2.31. The van der Waals surface area contributed by atoms with Gasteiger partial charge >= 0.3 is 0 Å². The van der Waals surface area contributed by atoms with E-state index < -0.39 is 0 Å². The molecule has 0 saturated heterocycles. The number of aliphatic hydroxyl groups is 1. The third kappa shape index (κ3) is 1.97. The van der Waals surface area contributed by atoms with E-state index in [9.17, 15) is 5.11 Å². The molecule has 1 aromatic rings. The number of rotatable bonds is 4. The Bertz CT molecular complexity index is 305. The predicted octanol–water partition coefficient (Wildman–Crippen LogP) is 2.28. The molecule has 0 amide bonds. The molecule has 1 aromatic carbocycles. The van der Waals surface area contributed by atoms with E-state index in [1.54, 1.807) is 7.11 Å². The molecule has 0 aromatic heterocycles. The van der Waals surface area contributed by atoms with Gasteiger partial charge in [0.2, 0.25) is 0 Å². The van der Waals surface area contributed by atoms with E-state index in [0.29, 0.717) is 12.5 Å². The summed E-state index contributed by atoms with van der Waals surface area (Å²) >= 11 is 0. The van der Waals surface area contributed by atoms with Crippen LogP contribution < -0.4 is 0 Å². The van der Waals surface area contributed by atoms with Gasteiger partial charge in [-0.05, 0) is 29.9 Å². The fourth-order valence-corrected chi connectivity index (χ4v) is 1.78. The summed E-state index contributed by atoms with van der Waals surface area (Å²) in [4.78, 5) is 0. The Kier molecular flexibility index (Phi) is 2.85. The summed E-state index contributed by atoms with van der Waals surface area (Å²) in [7, 11) is 1.68. The fourth-order valence-electron chi connectivity index (χ4n) is 1.78. The average molecular weight is 192 g/mol. The van der Waals surface area contributed by atoms with Crippen LogP contribution in [0, 0.1) is 5.92 Å². The minimum Gasteiger partial charge on any atom is -0.388 e. The molecule has 0 aliphatic heterocycles. The SMILES string of the molecule is COCc1ccccc1C(O)C1CC1. The van der Waals surface area contributed by atoms with Crippen LogP contribution in [0.25, 0.3) is 0 Å². The van der Waals surface area contributed by atoms with Gasteiger partial charge in [0.15, 0.2) is 0 Å². The van der Waals surface area contributed by atoms with Crippen LogP contribution in [0.15, 0.2) is 24.3 Å².